The first-order valence-electron chi connectivity index (χ1n) is 10.0. The van der Waals surface area contributed by atoms with Gasteiger partial charge in [-0.15, -0.1) is 0 Å². The van der Waals surface area contributed by atoms with Gasteiger partial charge in [0, 0.05) is 18.8 Å². The number of anilines is 1. The Hall–Kier alpha value is -3.02. The maximum absolute atomic E-state index is 12.6. The van der Waals surface area contributed by atoms with E-state index in [1.165, 1.54) is 5.56 Å². The van der Waals surface area contributed by atoms with Gasteiger partial charge < -0.3 is 19.7 Å². The number of rotatable bonds is 6. The maximum atomic E-state index is 12.6. The van der Waals surface area contributed by atoms with Crippen molar-refractivity contribution in [1.82, 2.24) is 4.90 Å². The molecule has 1 aliphatic rings. The molecule has 0 spiro atoms. The Bertz CT molecular complexity index is 827. The average molecular weight is 396 g/mol. The lowest BCUT2D eigenvalue weighted by molar-refractivity contribution is 0.0526. The van der Waals surface area contributed by atoms with Gasteiger partial charge in [-0.1, -0.05) is 18.2 Å². The summed E-state index contributed by atoms with van der Waals surface area (Å²) in [6.45, 7) is 3.54. The van der Waals surface area contributed by atoms with Crippen molar-refractivity contribution in [2.24, 2.45) is 5.92 Å². The number of amides is 2. The smallest absolute Gasteiger partial charge is 0.338 e. The SMILES string of the molecule is CCOC(=O)c1cccc(NC(=O)N2CCC(Cc3ccc(OC)cc3)CC2)c1. The number of nitrogens with zero attached hydrogens (tertiary/aromatic N) is 1. The highest BCUT2D eigenvalue weighted by atomic mass is 16.5. The molecule has 0 saturated carbocycles. The van der Waals surface area contributed by atoms with Gasteiger partial charge >= 0.3 is 12.0 Å². The van der Waals surface area contributed by atoms with Crippen molar-refractivity contribution in [2.75, 3.05) is 32.1 Å². The molecule has 1 fully saturated rings. The first-order valence-corrected chi connectivity index (χ1v) is 10.0. The molecule has 1 heterocycles. The minimum Gasteiger partial charge on any atom is -0.497 e. The van der Waals surface area contributed by atoms with E-state index < -0.39 is 0 Å². The van der Waals surface area contributed by atoms with Gasteiger partial charge in [0.05, 0.1) is 19.3 Å². The van der Waals surface area contributed by atoms with Crippen molar-refractivity contribution in [2.45, 2.75) is 26.2 Å². The Morgan fingerprint density at radius 2 is 1.83 bits per heavy atom. The summed E-state index contributed by atoms with van der Waals surface area (Å²) in [5.74, 6) is 1.05. The van der Waals surface area contributed by atoms with Crippen LogP contribution >= 0.6 is 0 Å². The van der Waals surface area contributed by atoms with Crippen LogP contribution in [0.25, 0.3) is 0 Å². The van der Waals surface area contributed by atoms with Crippen LogP contribution in [0, 0.1) is 5.92 Å². The zero-order valence-corrected chi connectivity index (χ0v) is 17.0. The monoisotopic (exact) mass is 396 g/mol. The van der Waals surface area contributed by atoms with Crippen molar-refractivity contribution in [3.8, 4) is 5.75 Å². The van der Waals surface area contributed by atoms with E-state index >= 15 is 0 Å². The number of likely N-dealkylation sites (tertiary alicyclic amines) is 1. The second-order valence-electron chi connectivity index (χ2n) is 7.21. The Morgan fingerprint density at radius 3 is 2.48 bits per heavy atom. The number of ether oxygens (including phenoxy) is 2. The number of piperidine rings is 1. The summed E-state index contributed by atoms with van der Waals surface area (Å²) in [6, 6.07) is 14.9. The third kappa shape index (κ3) is 5.73. The zero-order valence-electron chi connectivity index (χ0n) is 17.0. The Morgan fingerprint density at radius 1 is 1.10 bits per heavy atom. The lowest BCUT2D eigenvalue weighted by Crippen LogP contribution is -2.41. The summed E-state index contributed by atoms with van der Waals surface area (Å²) in [7, 11) is 1.67. The number of hydrogen-bond acceptors (Lipinski definition) is 4. The fourth-order valence-electron chi connectivity index (χ4n) is 3.58. The summed E-state index contributed by atoms with van der Waals surface area (Å²) in [5, 5.41) is 2.89. The summed E-state index contributed by atoms with van der Waals surface area (Å²) in [5.41, 5.74) is 2.33. The molecule has 0 radical (unpaired) electrons. The fraction of sp³-hybridized carbons (Fsp3) is 0.391. The predicted octanol–water partition coefficient (Wildman–Crippen LogP) is 4.36. The lowest BCUT2D eigenvalue weighted by atomic mass is 9.90. The van der Waals surface area contributed by atoms with Crippen LogP contribution < -0.4 is 10.1 Å². The van der Waals surface area contributed by atoms with Gasteiger partial charge in [0.25, 0.3) is 0 Å². The van der Waals surface area contributed by atoms with Gasteiger partial charge in [0.1, 0.15) is 5.75 Å². The fourth-order valence-corrected chi connectivity index (χ4v) is 3.58. The molecule has 154 valence electrons. The highest BCUT2D eigenvalue weighted by Gasteiger charge is 2.23. The molecule has 0 bridgehead atoms. The highest BCUT2D eigenvalue weighted by molar-refractivity contribution is 5.94. The van der Waals surface area contributed by atoms with E-state index in [2.05, 4.69) is 17.4 Å². The molecule has 29 heavy (non-hydrogen) atoms. The zero-order chi connectivity index (χ0) is 20.6. The maximum Gasteiger partial charge on any atom is 0.338 e. The van der Waals surface area contributed by atoms with E-state index in [0.29, 0.717) is 23.8 Å². The van der Waals surface area contributed by atoms with Crippen molar-refractivity contribution < 1.29 is 19.1 Å². The number of urea groups is 1. The molecule has 0 unspecified atom stereocenters. The minimum absolute atomic E-state index is 0.131. The van der Waals surface area contributed by atoms with Gasteiger partial charge in [0.2, 0.25) is 0 Å². The summed E-state index contributed by atoms with van der Waals surface area (Å²) in [4.78, 5) is 26.3. The lowest BCUT2D eigenvalue weighted by Gasteiger charge is -2.32. The van der Waals surface area contributed by atoms with E-state index in [4.69, 9.17) is 9.47 Å². The van der Waals surface area contributed by atoms with Crippen LogP contribution in [-0.2, 0) is 11.2 Å². The van der Waals surface area contributed by atoms with E-state index in [1.54, 1.807) is 38.3 Å². The van der Waals surface area contributed by atoms with Gasteiger partial charge in [-0.2, -0.15) is 0 Å². The van der Waals surface area contributed by atoms with Crippen molar-refractivity contribution >= 4 is 17.7 Å². The van der Waals surface area contributed by atoms with E-state index in [-0.39, 0.29) is 12.0 Å². The van der Waals surface area contributed by atoms with E-state index in [1.807, 2.05) is 17.0 Å². The molecular formula is C23H28N2O4. The molecule has 2 aromatic carbocycles. The van der Waals surface area contributed by atoms with Crippen molar-refractivity contribution in [3.05, 3.63) is 59.7 Å². The van der Waals surface area contributed by atoms with E-state index in [0.717, 1.165) is 38.1 Å². The molecule has 0 aliphatic carbocycles. The van der Waals surface area contributed by atoms with Crippen molar-refractivity contribution in [3.63, 3.8) is 0 Å². The van der Waals surface area contributed by atoms with Crippen LogP contribution in [0.1, 0.15) is 35.7 Å². The second kappa shape index (κ2) is 9.96. The largest absolute Gasteiger partial charge is 0.497 e. The number of carbonyl (C=O) groups is 2. The first-order chi connectivity index (χ1) is 14.1. The predicted molar refractivity (Wildman–Crippen MR) is 112 cm³/mol. The summed E-state index contributed by atoms with van der Waals surface area (Å²) in [6.07, 6.45) is 2.96. The molecule has 2 aromatic rings. The quantitative estimate of drug-likeness (QED) is 0.737. The van der Waals surface area contributed by atoms with Gasteiger partial charge in [-0.05, 0) is 68.0 Å². The average Bonchev–Trinajstić information content (AvgIpc) is 2.75. The Kier molecular flexibility index (Phi) is 7.11. The highest BCUT2D eigenvalue weighted by Crippen LogP contribution is 2.23. The molecule has 3 rings (SSSR count). The molecular weight excluding hydrogens is 368 g/mol. The Labute approximate surface area is 171 Å². The Balaban J connectivity index is 1.49. The topological polar surface area (TPSA) is 67.9 Å². The molecule has 6 nitrogen and oxygen atoms in total. The molecule has 1 N–H and O–H groups in total. The molecule has 6 heteroatoms. The van der Waals surface area contributed by atoms with Crippen LogP contribution in [0.15, 0.2) is 48.5 Å². The van der Waals surface area contributed by atoms with Crippen LogP contribution in [0.5, 0.6) is 5.75 Å². The van der Waals surface area contributed by atoms with Gasteiger partial charge in [-0.25, -0.2) is 9.59 Å². The number of esters is 1. The van der Waals surface area contributed by atoms with Gasteiger partial charge in [-0.3, -0.25) is 0 Å². The molecule has 1 saturated heterocycles. The third-order valence-electron chi connectivity index (χ3n) is 5.21. The van der Waals surface area contributed by atoms with Crippen LogP contribution in [-0.4, -0.2) is 43.7 Å². The second-order valence-corrected chi connectivity index (χ2v) is 7.21. The number of benzene rings is 2. The number of hydrogen-bond donors (Lipinski definition) is 1. The summed E-state index contributed by atoms with van der Waals surface area (Å²) >= 11 is 0. The van der Waals surface area contributed by atoms with Crippen LogP contribution in [0.2, 0.25) is 0 Å². The molecule has 1 aliphatic heterocycles. The number of carbonyl (C=O) groups excluding carboxylic acids is 2. The number of nitrogens with one attached hydrogen (secondary N) is 1. The molecule has 0 aromatic heterocycles. The standard InChI is InChI=1S/C23H28N2O4/c1-3-29-22(26)19-5-4-6-20(16-19)24-23(27)25-13-11-18(12-14-25)15-17-7-9-21(28-2)10-8-17/h4-10,16,18H,3,11-15H2,1-2H3,(H,24,27). The van der Waals surface area contributed by atoms with Crippen molar-refractivity contribution in [1.29, 1.82) is 0 Å². The normalized spacial score (nSPS) is 14.3. The van der Waals surface area contributed by atoms with Crippen LogP contribution in [0.4, 0.5) is 10.5 Å². The van der Waals surface area contributed by atoms with Crippen LogP contribution in [0.3, 0.4) is 0 Å². The third-order valence-corrected chi connectivity index (χ3v) is 5.21. The first kappa shape index (κ1) is 20.7. The van der Waals surface area contributed by atoms with Gasteiger partial charge in [0.15, 0.2) is 0 Å². The number of methoxy groups -OCH3 is 1. The molecule has 2 amide bonds. The summed E-state index contributed by atoms with van der Waals surface area (Å²) < 4.78 is 10.2. The minimum atomic E-state index is -0.386. The molecule has 0 atom stereocenters. The van der Waals surface area contributed by atoms with E-state index in [9.17, 15) is 9.59 Å².